The molecule has 0 radical (unpaired) electrons. The zero-order valence-corrected chi connectivity index (χ0v) is 10.8. The van der Waals surface area contributed by atoms with Gasteiger partial charge in [-0.05, 0) is 32.4 Å². The Hall–Kier alpha value is -0.960. The zero-order chi connectivity index (χ0) is 12.0. The Morgan fingerprint density at radius 1 is 1.25 bits per heavy atom. The van der Waals surface area contributed by atoms with Gasteiger partial charge in [-0.25, -0.2) is 9.97 Å². The van der Waals surface area contributed by atoms with Crippen LogP contribution in [0.4, 0.5) is 0 Å². The molecule has 0 saturated heterocycles. The minimum atomic E-state index is 0.467. The van der Waals surface area contributed by atoms with E-state index in [-0.39, 0.29) is 0 Å². The highest BCUT2D eigenvalue weighted by Crippen LogP contribution is 2.21. The summed E-state index contributed by atoms with van der Waals surface area (Å²) >= 11 is 0. The van der Waals surface area contributed by atoms with Gasteiger partial charge in [0, 0.05) is 23.3 Å². The average molecular weight is 221 g/mol. The first-order chi connectivity index (χ1) is 7.72. The minimum Gasteiger partial charge on any atom is -0.314 e. The smallest absolute Gasteiger partial charge is 0.115 e. The molecule has 2 unspecified atom stereocenters. The molecular formula is C13H23N3. The number of hydrogen-bond donors (Lipinski definition) is 1. The van der Waals surface area contributed by atoms with E-state index in [1.807, 2.05) is 0 Å². The number of hydrogen-bond acceptors (Lipinski definition) is 3. The van der Waals surface area contributed by atoms with E-state index in [4.69, 9.17) is 0 Å². The summed E-state index contributed by atoms with van der Waals surface area (Å²) in [6.45, 7) is 9.71. The van der Waals surface area contributed by atoms with Gasteiger partial charge in [0.2, 0.25) is 0 Å². The Morgan fingerprint density at radius 3 is 2.56 bits per heavy atom. The molecule has 2 atom stereocenters. The van der Waals surface area contributed by atoms with E-state index < -0.39 is 0 Å². The molecule has 1 heterocycles. The lowest BCUT2D eigenvalue weighted by atomic mass is 9.93. The third kappa shape index (κ3) is 3.27. The summed E-state index contributed by atoms with van der Waals surface area (Å²) in [7, 11) is 0. The molecule has 90 valence electrons. The van der Waals surface area contributed by atoms with Gasteiger partial charge >= 0.3 is 0 Å². The summed E-state index contributed by atoms with van der Waals surface area (Å²) in [6, 6.07) is 2.61. The standard InChI is InChI=1S/C13H23N3/c1-5-11-8-13(16-9-15-11)12(6-2)10(4)14-7-3/h8-10,12,14H,5-7H2,1-4H3. The topological polar surface area (TPSA) is 37.8 Å². The van der Waals surface area contributed by atoms with Gasteiger partial charge in [-0.2, -0.15) is 0 Å². The monoisotopic (exact) mass is 221 g/mol. The molecule has 0 bridgehead atoms. The van der Waals surface area contributed by atoms with Crippen LogP contribution in [-0.2, 0) is 6.42 Å². The van der Waals surface area contributed by atoms with E-state index in [1.165, 1.54) is 5.69 Å². The summed E-state index contributed by atoms with van der Waals surface area (Å²) in [6.07, 6.45) is 3.77. The van der Waals surface area contributed by atoms with Crippen LogP contribution in [0.1, 0.15) is 51.4 Å². The second-order valence-corrected chi connectivity index (χ2v) is 4.15. The van der Waals surface area contributed by atoms with Gasteiger partial charge in [0.25, 0.3) is 0 Å². The number of nitrogens with zero attached hydrogens (tertiary/aromatic N) is 2. The molecule has 1 rings (SSSR count). The number of likely N-dealkylation sites (N-methyl/N-ethyl adjacent to an activating group) is 1. The molecule has 0 aliphatic heterocycles. The molecule has 0 spiro atoms. The van der Waals surface area contributed by atoms with Gasteiger partial charge in [0.15, 0.2) is 0 Å². The van der Waals surface area contributed by atoms with E-state index in [0.29, 0.717) is 12.0 Å². The Kier molecular flexibility index (Phi) is 5.39. The molecule has 0 aliphatic rings. The molecule has 1 N–H and O–H groups in total. The molecule has 3 heteroatoms. The predicted molar refractivity (Wildman–Crippen MR) is 67.6 cm³/mol. The molecular weight excluding hydrogens is 198 g/mol. The van der Waals surface area contributed by atoms with E-state index >= 15 is 0 Å². The lowest BCUT2D eigenvalue weighted by Crippen LogP contribution is -2.32. The maximum Gasteiger partial charge on any atom is 0.115 e. The number of nitrogens with one attached hydrogen (secondary N) is 1. The minimum absolute atomic E-state index is 0.467. The van der Waals surface area contributed by atoms with Crippen LogP contribution in [0.25, 0.3) is 0 Å². The quantitative estimate of drug-likeness (QED) is 0.802. The Balaban J connectivity index is 2.85. The Bertz CT molecular complexity index is 312. The highest BCUT2D eigenvalue weighted by atomic mass is 14.9. The second-order valence-electron chi connectivity index (χ2n) is 4.15. The SMILES string of the molecule is CCNC(C)C(CC)c1cc(CC)ncn1. The maximum absolute atomic E-state index is 4.41. The molecule has 0 aromatic carbocycles. The van der Waals surface area contributed by atoms with Crippen molar-refractivity contribution in [2.24, 2.45) is 0 Å². The lowest BCUT2D eigenvalue weighted by Gasteiger charge is -2.23. The third-order valence-corrected chi connectivity index (χ3v) is 3.06. The van der Waals surface area contributed by atoms with Gasteiger partial charge in [-0.3, -0.25) is 0 Å². The molecule has 0 aliphatic carbocycles. The van der Waals surface area contributed by atoms with Crippen LogP contribution in [0.5, 0.6) is 0 Å². The molecule has 0 fully saturated rings. The van der Waals surface area contributed by atoms with Gasteiger partial charge in [0.05, 0.1) is 0 Å². The summed E-state index contributed by atoms with van der Waals surface area (Å²) in [4.78, 5) is 8.66. The van der Waals surface area contributed by atoms with Crippen LogP contribution in [0.3, 0.4) is 0 Å². The Labute approximate surface area is 98.7 Å². The highest BCUT2D eigenvalue weighted by Gasteiger charge is 2.18. The summed E-state index contributed by atoms with van der Waals surface area (Å²) in [5, 5.41) is 3.47. The number of aromatic nitrogens is 2. The fourth-order valence-electron chi connectivity index (χ4n) is 2.09. The highest BCUT2D eigenvalue weighted by molar-refractivity contribution is 5.14. The third-order valence-electron chi connectivity index (χ3n) is 3.06. The van der Waals surface area contributed by atoms with E-state index in [0.717, 1.165) is 25.1 Å². The molecule has 1 aromatic heterocycles. The van der Waals surface area contributed by atoms with Crippen molar-refractivity contribution in [3.05, 3.63) is 23.8 Å². The molecule has 3 nitrogen and oxygen atoms in total. The van der Waals surface area contributed by atoms with Crippen LogP contribution in [-0.4, -0.2) is 22.6 Å². The number of aryl methyl sites for hydroxylation is 1. The van der Waals surface area contributed by atoms with Crippen molar-refractivity contribution in [3.8, 4) is 0 Å². The van der Waals surface area contributed by atoms with Crippen molar-refractivity contribution < 1.29 is 0 Å². The van der Waals surface area contributed by atoms with Crippen LogP contribution in [0.2, 0.25) is 0 Å². The summed E-state index contributed by atoms with van der Waals surface area (Å²) in [5.41, 5.74) is 2.30. The normalized spacial score (nSPS) is 14.8. The first-order valence-corrected chi connectivity index (χ1v) is 6.27. The summed E-state index contributed by atoms with van der Waals surface area (Å²) < 4.78 is 0. The molecule has 0 amide bonds. The maximum atomic E-state index is 4.41. The van der Waals surface area contributed by atoms with Gasteiger partial charge < -0.3 is 5.32 Å². The molecule has 1 aromatic rings. The van der Waals surface area contributed by atoms with Gasteiger partial charge in [-0.1, -0.05) is 20.8 Å². The van der Waals surface area contributed by atoms with Gasteiger partial charge in [-0.15, -0.1) is 0 Å². The van der Waals surface area contributed by atoms with Crippen molar-refractivity contribution in [2.45, 2.75) is 52.5 Å². The van der Waals surface area contributed by atoms with Crippen molar-refractivity contribution in [3.63, 3.8) is 0 Å². The first kappa shape index (κ1) is 13.1. The second kappa shape index (κ2) is 6.59. The molecule has 0 saturated carbocycles. The van der Waals surface area contributed by atoms with E-state index in [1.54, 1.807) is 6.33 Å². The van der Waals surface area contributed by atoms with Crippen LogP contribution in [0, 0.1) is 0 Å². The predicted octanol–water partition coefficient (Wildman–Crippen LogP) is 2.53. The first-order valence-electron chi connectivity index (χ1n) is 6.27. The largest absolute Gasteiger partial charge is 0.314 e. The average Bonchev–Trinajstić information content (AvgIpc) is 2.31. The fourth-order valence-corrected chi connectivity index (χ4v) is 2.09. The van der Waals surface area contributed by atoms with Crippen LogP contribution >= 0.6 is 0 Å². The van der Waals surface area contributed by atoms with Crippen molar-refractivity contribution in [2.75, 3.05) is 6.54 Å². The van der Waals surface area contributed by atoms with Crippen molar-refractivity contribution >= 4 is 0 Å². The van der Waals surface area contributed by atoms with Crippen molar-refractivity contribution in [1.29, 1.82) is 0 Å². The van der Waals surface area contributed by atoms with Crippen molar-refractivity contribution in [1.82, 2.24) is 15.3 Å². The van der Waals surface area contributed by atoms with E-state index in [9.17, 15) is 0 Å². The fraction of sp³-hybridized carbons (Fsp3) is 0.692. The van der Waals surface area contributed by atoms with E-state index in [2.05, 4.69) is 49.0 Å². The number of rotatable bonds is 6. The van der Waals surface area contributed by atoms with Crippen LogP contribution in [0.15, 0.2) is 12.4 Å². The molecule has 16 heavy (non-hydrogen) atoms. The zero-order valence-electron chi connectivity index (χ0n) is 10.8. The van der Waals surface area contributed by atoms with Gasteiger partial charge in [0.1, 0.15) is 6.33 Å². The lowest BCUT2D eigenvalue weighted by molar-refractivity contribution is 0.452. The van der Waals surface area contributed by atoms with Crippen LogP contribution < -0.4 is 5.32 Å². The summed E-state index contributed by atoms with van der Waals surface area (Å²) in [5.74, 6) is 0.480. The Morgan fingerprint density at radius 2 is 2.00 bits per heavy atom.